The lowest BCUT2D eigenvalue weighted by Crippen LogP contribution is -2.16. The Morgan fingerprint density at radius 1 is 0.960 bits per heavy atom. The summed E-state index contributed by atoms with van der Waals surface area (Å²) in [5.41, 5.74) is 5.86. The third-order valence-electron chi connectivity index (χ3n) is 4.06. The normalized spacial score (nSPS) is 11.0. The molecular formula is C19H12N2O4. The van der Waals surface area contributed by atoms with Crippen LogP contribution in [0.4, 0.5) is 0 Å². The first-order valence-electron chi connectivity index (χ1n) is 7.54. The molecule has 3 heterocycles. The monoisotopic (exact) mass is 332 g/mol. The van der Waals surface area contributed by atoms with Crippen LogP contribution in [0.1, 0.15) is 26.4 Å². The molecule has 1 aromatic carbocycles. The van der Waals surface area contributed by atoms with Crippen molar-refractivity contribution < 1.29 is 14.0 Å². The molecule has 4 rings (SSSR count). The van der Waals surface area contributed by atoms with Gasteiger partial charge < -0.3 is 14.6 Å². The highest BCUT2D eigenvalue weighted by Gasteiger charge is 2.22. The van der Waals surface area contributed by atoms with E-state index < -0.39 is 17.3 Å². The van der Waals surface area contributed by atoms with Crippen molar-refractivity contribution in [1.82, 2.24) is 4.40 Å². The predicted molar refractivity (Wildman–Crippen MR) is 91.8 cm³/mol. The highest BCUT2D eigenvalue weighted by molar-refractivity contribution is 6.12. The molecular weight excluding hydrogens is 320 g/mol. The number of ketones is 1. The molecule has 122 valence electrons. The maximum atomic E-state index is 12.9. The molecule has 0 unspecified atom stereocenters. The molecule has 1 amide bonds. The van der Waals surface area contributed by atoms with E-state index in [2.05, 4.69) is 0 Å². The summed E-state index contributed by atoms with van der Waals surface area (Å²) in [6, 6.07) is 15.0. The third kappa shape index (κ3) is 2.31. The zero-order valence-electron chi connectivity index (χ0n) is 12.9. The molecule has 0 bridgehead atoms. The van der Waals surface area contributed by atoms with Crippen LogP contribution in [0.15, 0.2) is 70.0 Å². The van der Waals surface area contributed by atoms with Gasteiger partial charge in [0, 0.05) is 11.6 Å². The van der Waals surface area contributed by atoms with E-state index in [1.54, 1.807) is 48.7 Å². The van der Waals surface area contributed by atoms with Gasteiger partial charge in [-0.2, -0.15) is 0 Å². The fourth-order valence-electron chi connectivity index (χ4n) is 2.88. The second-order valence-corrected chi connectivity index (χ2v) is 5.58. The summed E-state index contributed by atoms with van der Waals surface area (Å²) in [5.74, 6) is -1.18. The van der Waals surface area contributed by atoms with Crippen molar-refractivity contribution in [2.75, 3.05) is 0 Å². The highest BCUT2D eigenvalue weighted by Crippen LogP contribution is 2.20. The van der Waals surface area contributed by atoms with Crippen LogP contribution in [0, 0.1) is 0 Å². The number of carbonyl (C=O) groups is 2. The lowest BCUT2D eigenvalue weighted by Gasteiger charge is -2.03. The Hall–Kier alpha value is -3.67. The van der Waals surface area contributed by atoms with Crippen LogP contribution in [0.3, 0.4) is 0 Å². The van der Waals surface area contributed by atoms with Gasteiger partial charge in [-0.25, -0.2) is 4.79 Å². The molecule has 0 aliphatic carbocycles. The molecule has 0 aliphatic rings. The summed E-state index contributed by atoms with van der Waals surface area (Å²) in [7, 11) is 0. The second kappa shape index (κ2) is 5.45. The molecule has 0 spiro atoms. The molecule has 6 heteroatoms. The molecule has 2 N–H and O–H groups in total. The van der Waals surface area contributed by atoms with Crippen LogP contribution in [0.25, 0.3) is 16.5 Å². The Balaban J connectivity index is 1.96. The number of nitrogens with zero attached hydrogens (tertiary/aromatic N) is 1. The molecule has 0 fully saturated rings. The standard InChI is InChI=1S/C19H12N2O4/c20-18(23)12-10-15(21-8-4-3-6-14(12)21)17(22)13-9-11-5-1-2-7-16(11)25-19(13)24/h1-10H,(H2,20,23). The summed E-state index contributed by atoms with van der Waals surface area (Å²) in [5, 5.41) is 0.640. The van der Waals surface area contributed by atoms with Gasteiger partial charge in [0.25, 0.3) is 5.91 Å². The van der Waals surface area contributed by atoms with E-state index in [1.807, 2.05) is 0 Å². The van der Waals surface area contributed by atoms with Crippen LogP contribution in [0.2, 0.25) is 0 Å². The Morgan fingerprint density at radius 3 is 2.52 bits per heavy atom. The van der Waals surface area contributed by atoms with E-state index in [1.165, 1.54) is 16.5 Å². The molecule has 25 heavy (non-hydrogen) atoms. The summed E-state index contributed by atoms with van der Waals surface area (Å²) < 4.78 is 6.76. The van der Waals surface area contributed by atoms with Crippen molar-refractivity contribution >= 4 is 28.2 Å². The number of primary amides is 1. The summed E-state index contributed by atoms with van der Waals surface area (Å²) in [4.78, 5) is 36.8. The minimum absolute atomic E-state index is 0.0991. The van der Waals surface area contributed by atoms with E-state index in [-0.39, 0.29) is 16.8 Å². The number of hydrogen-bond acceptors (Lipinski definition) is 4. The molecule has 0 saturated heterocycles. The molecule has 3 aromatic heterocycles. The number of nitrogens with two attached hydrogens (primary N) is 1. The zero-order valence-corrected chi connectivity index (χ0v) is 12.9. The minimum Gasteiger partial charge on any atom is -0.422 e. The quantitative estimate of drug-likeness (QED) is 0.460. The first-order valence-corrected chi connectivity index (χ1v) is 7.54. The number of hydrogen-bond donors (Lipinski definition) is 1. The van der Waals surface area contributed by atoms with Crippen molar-refractivity contribution in [3.05, 3.63) is 88.0 Å². The molecule has 0 aliphatic heterocycles. The van der Waals surface area contributed by atoms with Crippen molar-refractivity contribution in [2.45, 2.75) is 0 Å². The average molecular weight is 332 g/mol. The largest absolute Gasteiger partial charge is 0.422 e. The van der Waals surface area contributed by atoms with Crippen LogP contribution in [-0.2, 0) is 0 Å². The fraction of sp³-hybridized carbons (Fsp3) is 0. The number of fused-ring (bicyclic) bond motifs is 2. The SMILES string of the molecule is NC(=O)c1cc(C(=O)c2cc3ccccc3oc2=O)n2ccccc12. The van der Waals surface area contributed by atoms with Crippen LogP contribution in [0.5, 0.6) is 0 Å². The molecule has 0 radical (unpaired) electrons. The lowest BCUT2D eigenvalue weighted by atomic mass is 10.1. The number of benzene rings is 1. The molecule has 4 aromatic rings. The number of rotatable bonds is 3. The van der Waals surface area contributed by atoms with Gasteiger partial charge in [-0.15, -0.1) is 0 Å². The van der Waals surface area contributed by atoms with Crippen molar-refractivity contribution in [2.24, 2.45) is 5.73 Å². The maximum absolute atomic E-state index is 12.9. The van der Waals surface area contributed by atoms with Gasteiger partial charge in [0.2, 0.25) is 5.78 Å². The van der Waals surface area contributed by atoms with E-state index in [0.29, 0.717) is 16.5 Å². The second-order valence-electron chi connectivity index (χ2n) is 5.58. The van der Waals surface area contributed by atoms with E-state index in [4.69, 9.17) is 10.2 Å². The average Bonchev–Trinajstić information content (AvgIpc) is 3.00. The molecule has 6 nitrogen and oxygen atoms in total. The highest BCUT2D eigenvalue weighted by atomic mass is 16.4. The van der Waals surface area contributed by atoms with Gasteiger partial charge in [-0.05, 0) is 30.3 Å². The first kappa shape index (κ1) is 14.9. The summed E-state index contributed by atoms with van der Waals surface area (Å²) >= 11 is 0. The summed E-state index contributed by atoms with van der Waals surface area (Å²) in [6.07, 6.45) is 1.64. The Bertz CT molecular complexity index is 1220. The van der Waals surface area contributed by atoms with Crippen LogP contribution in [-0.4, -0.2) is 16.1 Å². The molecule has 0 saturated carbocycles. The van der Waals surface area contributed by atoms with Gasteiger partial charge in [0.05, 0.1) is 16.8 Å². The van der Waals surface area contributed by atoms with Crippen LogP contribution >= 0.6 is 0 Å². The van der Waals surface area contributed by atoms with Gasteiger partial charge in [0.1, 0.15) is 11.1 Å². The number of carbonyl (C=O) groups excluding carboxylic acids is 2. The topological polar surface area (TPSA) is 94.8 Å². The first-order chi connectivity index (χ1) is 12.1. The fourth-order valence-corrected chi connectivity index (χ4v) is 2.88. The summed E-state index contributed by atoms with van der Waals surface area (Å²) in [6.45, 7) is 0. The van der Waals surface area contributed by atoms with Crippen molar-refractivity contribution in [1.29, 1.82) is 0 Å². The smallest absolute Gasteiger partial charge is 0.347 e. The number of pyridine rings is 1. The van der Waals surface area contributed by atoms with E-state index >= 15 is 0 Å². The number of aromatic nitrogens is 1. The van der Waals surface area contributed by atoms with Gasteiger partial charge in [0.15, 0.2) is 0 Å². The Morgan fingerprint density at radius 2 is 1.72 bits per heavy atom. The number of amides is 1. The van der Waals surface area contributed by atoms with Crippen LogP contribution < -0.4 is 11.4 Å². The lowest BCUT2D eigenvalue weighted by molar-refractivity contribution is 0.100. The third-order valence-corrected chi connectivity index (χ3v) is 4.06. The molecule has 0 atom stereocenters. The van der Waals surface area contributed by atoms with Gasteiger partial charge >= 0.3 is 5.63 Å². The van der Waals surface area contributed by atoms with Crippen molar-refractivity contribution in [3.63, 3.8) is 0 Å². The number of para-hydroxylation sites is 1. The van der Waals surface area contributed by atoms with Crippen molar-refractivity contribution in [3.8, 4) is 0 Å². The Kier molecular flexibility index (Phi) is 3.25. The maximum Gasteiger partial charge on any atom is 0.347 e. The zero-order chi connectivity index (χ0) is 17.6. The predicted octanol–water partition coefficient (Wildman–Crippen LogP) is 2.38. The van der Waals surface area contributed by atoms with Gasteiger partial charge in [-0.3, -0.25) is 9.59 Å². The minimum atomic E-state index is -0.727. The van der Waals surface area contributed by atoms with Gasteiger partial charge in [-0.1, -0.05) is 24.3 Å². The van der Waals surface area contributed by atoms with E-state index in [0.717, 1.165) is 0 Å². The Labute approximate surface area is 141 Å². The van der Waals surface area contributed by atoms with E-state index in [9.17, 15) is 14.4 Å².